The molecule has 0 amide bonds. The quantitative estimate of drug-likeness (QED) is 0.201. The van der Waals surface area contributed by atoms with Gasteiger partial charge in [0.05, 0.1) is 6.54 Å². The molecule has 0 aromatic carbocycles. The lowest BCUT2D eigenvalue weighted by atomic mass is 10.1. The molecule has 0 radical (unpaired) electrons. The molecule has 1 rings (SSSR count). The van der Waals surface area contributed by atoms with Gasteiger partial charge >= 0.3 is 0 Å². The van der Waals surface area contributed by atoms with E-state index in [9.17, 15) is 0 Å². The molecule has 0 unspecified atom stereocenters. The summed E-state index contributed by atoms with van der Waals surface area (Å²) in [5, 5.41) is 0. The highest BCUT2D eigenvalue weighted by atomic mass is 32.2. The lowest BCUT2D eigenvalue weighted by molar-refractivity contribution is -0.675. The largest absolute Gasteiger partial charge is 0.244 e. The number of nitrogens with zero attached hydrogens (tertiary/aromatic N) is 2. The summed E-state index contributed by atoms with van der Waals surface area (Å²) in [7, 11) is 0. The van der Waals surface area contributed by atoms with Crippen LogP contribution in [0.4, 0.5) is 0 Å². The summed E-state index contributed by atoms with van der Waals surface area (Å²) in [5.74, 6) is 2.42. The molecule has 0 fully saturated rings. The third-order valence-electron chi connectivity index (χ3n) is 4.90. The summed E-state index contributed by atoms with van der Waals surface area (Å²) in [6.45, 7) is 5.76. The highest BCUT2D eigenvalue weighted by Gasteiger charge is 2.03. The smallest absolute Gasteiger partial charge is 0.237 e. The van der Waals surface area contributed by atoms with Crippen LogP contribution in [0.2, 0.25) is 0 Å². The second kappa shape index (κ2) is 17.0. The van der Waals surface area contributed by atoms with Crippen molar-refractivity contribution >= 4 is 11.8 Å². The Labute approximate surface area is 161 Å². The molecular weight excluding hydrogens is 324 g/mol. The first-order valence-corrected chi connectivity index (χ1v) is 12.1. The SMILES string of the molecule is CCCCCCCCCCSC[n+]1ccn(CCCCCCCC)c1. The Kier molecular flexibility index (Phi) is 15.4. The molecule has 3 heteroatoms. The van der Waals surface area contributed by atoms with E-state index in [1.54, 1.807) is 0 Å². The van der Waals surface area contributed by atoms with Gasteiger partial charge in [-0.2, -0.15) is 0 Å². The van der Waals surface area contributed by atoms with Gasteiger partial charge in [-0.05, 0) is 25.0 Å². The zero-order chi connectivity index (χ0) is 18.0. The maximum Gasteiger partial charge on any atom is 0.244 e. The summed E-state index contributed by atoms with van der Waals surface area (Å²) in [5.41, 5.74) is 0. The van der Waals surface area contributed by atoms with Crippen LogP contribution in [0.25, 0.3) is 0 Å². The molecule has 2 nitrogen and oxygen atoms in total. The van der Waals surface area contributed by atoms with Gasteiger partial charge in [-0.3, -0.25) is 0 Å². The highest BCUT2D eigenvalue weighted by molar-refractivity contribution is 7.98. The van der Waals surface area contributed by atoms with Crippen molar-refractivity contribution in [3.8, 4) is 0 Å². The predicted molar refractivity (Wildman–Crippen MR) is 113 cm³/mol. The molecule has 0 saturated heterocycles. The van der Waals surface area contributed by atoms with Crippen LogP contribution >= 0.6 is 11.8 Å². The van der Waals surface area contributed by atoms with Crippen molar-refractivity contribution in [2.24, 2.45) is 0 Å². The number of hydrogen-bond acceptors (Lipinski definition) is 1. The van der Waals surface area contributed by atoms with Crippen LogP contribution < -0.4 is 4.57 Å². The van der Waals surface area contributed by atoms with Crippen LogP contribution in [0.15, 0.2) is 18.7 Å². The van der Waals surface area contributed by atoms with Crippen molar-refractivity contribution < 1.29 is 4.57 Å². The number of rotatable bonds is 18. The third-order valence-corrected chi connectivity index (χ3v) is 5.96. The maximum absolute atomic E-state index is 2.36. The Morgan fingerprint density at radius 1 is 0.720 bits per heavy atom. The van der Waals surface area contributed by atoms with Gasteiger partial charge in [0.2, 0.25) is 6.33 Å². The molecule has 0 atom stereocenters. The van der Waals surface area contributed by atoms with E-state index in [0.29, 0.717) is 0 Å². The second-order valence-electron chi connectivity index (χ2n) is 7.45. The van der Waals surface area contributed by atoms with Crippen LogP contribution in [0.3, 0.4) is 0 Å². The molecule has 25 heavy (non-hydrogen) atoms. The van der Waals surface area contributed by atoms with Crippen LogP contribution in [0.5, 0.6) is 0 Å². The molecule has 1 heterocycles. The standard InChI is InChI=1S/C22H43N2S/c1-3-5-7-9-11-12-14-16-20-25-22-24-19-18-23(21-24)17-15-13-10-8-6-4-2/h18-19,21H,3-17,20,22H2,1-2H3/q+1. The minimum absolute atomic E-state index is 1.11. The van der Waals surface area contributed by atoms with Crippen molar-refractivity contribution in [1.29, 1.82) is 0 Å². The first-order chi connectivity index (χ1) is 12.4. The van der Waals surface area contributed by atoms with E-state index in [2.05, 4.69) is 53.5 Å². The maximum atomic E-state index is 2.36. The molecule has 0 saturated carbocycles. The third kappa shape index (κ3) is 13.4. The lowest BCUT2D eigenvalue weighted by Gasteiger charge is -2.01. The Morgan fingerprint density at radius 3 is 1.92 bits per heavy atom. The molecule has 1 aromatic heterocycles. The van der Waals surface area contributed by atoms with Crippen LogP contribution in [0.1, 0.15) is 104 Å². The van der Waals surface area contributed by atoms with Gasteiger partial charge < -0.3 is 0 Å². The second-order valence-corrected chi connectivity index (χ2v) is 8.52. The molecule has 0 aliphatic rings. The molecule has 0 N–H and O–H groups in total. The fourth-order valence-electron chi connectivity index (χ4n) is 3.23. The highest BCUT2D eigenvalue weighted by Crippen LogP contribution is 2.11. The van der Waals surface area contributed by atoms with Crippen molar-refractivity contribution in [2.75, 3.05) is 5.75 Å². The number of thioether (sulfide) groups is 1. The average Bonchev–Trinajstić information content (AvgIpc) is 3.07. The van der Waals surface area contributed by atoms with Gasteiger partial charge in [-0.25, -0.2) is 9.13 Å². The van der Waals surface area contributed by atoms with E-state index in [1.807, 2.05) is 0 Å². The van der Waals surface area contributed by atoms with Gasteiger partial charge in [0.1, 0.15) is 18.3 Å². The first kappa shape index (κ1) is 22.6. The fraction of sp³-hybridized carbons (Fsp3) is 0.864. The van der Waals surface area contributed by atoms with Gasteiger partial charge in [-0.1, -0.05) is 84.5 Å². The molecule has 0 aliphatic heterocycles. The Bertz CT molecular complexity index is 389. The van der Waals surface area contributed by atoms with Gasteiger partial charge in [0.25, 0.3) is 0 Å². The van der Waals surface area contributed by atoms with E-state index in [0.717, 1.165) is 5.88 Å². The van der Waals surface area contributed by atoms with E-state index in [4.69, 9.17) is 0 Å². The summed E-state index contributed by atoms with van der Waals surface area (Å²) in [4.78, 5) is 0. The number of aryl methyl sites for hydroxylation is 1. The summed E-state index contributed by atoms with van der Waals surface area (Å²) >= 11 is 2.08. The van der Waals surface area contributed by atoms with Crippen molar-refractivity contribution in [2.45, 2.75) is 116 Å². The number of unbranched alkanes of at least 4 members (excludes halogenated alkanes) is 12. The van der Waals surface area contributed by atoms with Crippen molar-refractivity contribution in [1.82, 2.24) is 4.57 Å². The van der Waals surface area contributed by atoms with Crippen LogP contribution in [0, 0.1) is 0 Å². The predicted octanol–water partition coefficient (Wildman–Crippen LogP) is 6.97. The van der Waals surface area contributed by atoms with Crippen molar-refractivity contribution in [3.63, 3.8) is 0 Å². The summed E-state index contributed by atoms with van der Waals surface area (Å²) < 4.78 is 4.70. The Morgan fingerprint density at radius 2 is 1.28 bits per heavy atom. The monoisotopic (exact) mass is 367 g/mol. The zero-order valence-corrected chi connectivity index (χ0v) is 17.9. The van der Waals surface area contributed by atoms with Crippen LogP contribution in [-0.2, 0) is 12.4 Å². The summed E-state index contributed by atoms with van der Waals surface area (Å²) in [6.07, 6.45) is 26.4. The minimum Gasteiger partial charge on any atom is -0.237 e. The zero-order valence-electron chi connectivity index (χ0n) is 17.1. The molecule has 0 aliphatic carbocycles. The molecule has 146 valence electrons. The molecular formula is C22H43N2S+. The van der Waals surface area contributed by atoms with Crippen molar-refractivity contribution in [3.05, 3.63) is 18.7 Å². The van der Waals surface area contributed by atoms with E-state index in [-0.39, 0.29) is 0 Å². The van der Waals surface area contributed by atoms with Gasteiger partial charge in [-0.15, -0.1) is 11.8 Å². The van der Waals surface area contributed by atoms with E-state index < -0.39 is 0 Å². The van der Waals surface area contributed by atoms with Crippen LogP contribution in [-0.4, -0.2) is 10.3 Å². The molecule has 1 aromatic rings. The Balaban J connectivity index is 1.92. The number of aromatic nitrogens is 2. The molecule has 0 spiro atoms. The fourth-order valence-corrected chi connectivity index (χ4v) is 4.13. The normalized spacial score (nSPS) is 11.3. The minimum atomic E-state index is 1.11. The number of hydrogen-bond donors (Lipinski definition) is 0. The van der Waals surface area contributed by atoms with E-state index in [1.165, 1.54) is 102 Å². The van der Waals surface area contributed by atoms with E-state index >= 15 is 0 Å². The number of imidazole rings is 1. The lowest BCUT2D eigenvalue weighted by Crippen LogP contribution is -2.29. The van der Waals surface area contributed by atoms with Gasteiger partial charge in [0.15, 0.2) is 0 Å². The summed E-state index contributed by atoms with van der Waals surface area (Å²) in [6, 6.07) is 0. The topological polar surface area (TPSA) is 8.81 Å². The first-order valence-electron chi connectivity index (χ1n) is 11.0. The average molecular weight is 368 g/mol. The molecule has 0 bridgehead atoms. The van der Waals surface area contributed by atoms with Gasteiger partial charge in [0, 0.05) is 0 Å². The Hall–Kier alpha value is -0.440.